The minimum absolute atomic E-state index is 0.0256. The first-order valence-electron chi connectivity index (χ1n) is 6.94. The van der Waals surface area contributed by atoms with Crippen LogP contribution in [-0.4, -0.2) is 37.7 Å². The number of aryl methyl sites for hydroxylation is 1. The predicted octanol–water partition coefficient (Wildman–Crippen LogP) is 1.58. The van der Waals surface area contributed by atoms with E-state index in [-0.39, 0.29) is 11.9 Å². The molecule has 2 unspecified atom stereocenters. The van der Waals surface area contributed by atoms with E-state index in [1.165, 1.54) is 0 Å². The largest absolute Gasteiger partial charge is 0.481 e. The van der Waals surface area contributed by atoms with Gasteiger partial charge < -0.3 is 10.0 Å². The van der Waals surface area contributed by atoms with E-state index in [9.17, 15) is 14.7 Å². The Hall–Kier alpha value is -1.85. The summed E-state index contributed by atoms with van der Waals surface area (Å²) in [4.78, 5) is 25.6. The smallest absolute Gasteiger partial charge is 0.308 e. The number of carbonyl (C=O) groups is 2. The maximum atomic E-state index is 12.3. The maximum absolute atomic E-state index is 12.3. The molecule has 20 heavy (non-hydrogen) atoms. The van der Waals surface area contributed by atoms with E-state index in [1.54, 1.807) is 29.0 Å². The molecule has 6 nitrogen and oxygen atoms in total. The number of aliphatic carboxylic acids is 1. The van der Waals surface area contributed by atoms with Gasteiger partial charge in [-0.15, -0.1) is 0 Å². The first kappa shape index (κ1) is 14.6. The summed E-state index contributed by atoms with van der Waals surface area (Å²) < 4.78 is 1.64. The number of aromatic nitrogens is 2. The molecule has 1 amide bonds. The zero-order chi connectivity index (χ0) is 14.9. The summed E-state index contributed by atoms with van der Waals surface area (Å²) in [5.74, 6) is -1.40. The second-order valence-corrected chi connectivity index (χ2v) is 5.62. The van der Waals surface area contributed by atoms with Gasteiger partial charge in [-0.05, 0) is 26.7 Å². The Balaban J connectivity index is 2.48. The number of hydrogen-bond acceptors (Lipinski definition) is 3. The highest BCUT2D eigenvalue weighted by Crippen LogP contribution is 2.37. The van der Waals surface area contributed by atoms with Gasteiger partial charge in [0.25, 0.3) is 0 Å². The molecule has 2 heterocycles. The number of likely N-dealkylation sites (tertiary alicyclic amines) is 1. The molecule has 0 radical (unpaired) electrons. The first-order chi connectivity index (χ1) is 9.41. The van der Waals surface area contributed by atoms with Crippen molar-refractivity contribution in [2.75, 3.05) is 0 Å². The van der Waals surface area contributed by atoms with E-state index in [0.717, 1.165) is 5.56 Å². The van der Waals surface area contributed by atoms with Crippen molar-refractivity contribution < 1.29 is 14.7 Å². The Bertz CT molecular complexity index is 510. The summed E-state index contributed by atoms with van der Waals surface area (Å²) in [5, 5.41) is 13.6. The zero-order valence-corrected chi connectivity index (χ0v) is 12.1. The summed E-state index contributed by atoms with van der Waals surface area (Å²) in [6, 6.07) is -0.469. The van der Waals surface area contributed by atoms with Crippen LogP contribution in [0.3, 0.4) is 0 Å². The minimum Gasteiger partial charge on any atom is -0.481 e. The second kappa shape index (κ2) is 5.64. The average molecular weight is 279 g/mol. The summed E-state index contributed by atoms with van der Waals surface area (Å²) in [5.41, 5.74) is 0.795. The third-order valence-corrected chi connectivity index (χ3v) is 3.81. The molecule has 2 rings (SSSR count). The fourth-order valence-corrected chi connectivity index (χ4v) is 2.96. The number of carboxylic acid groups (broad SMARTS) is 1. The van der Waals surface area contributed by atoms with Crippen molar-refractivity contribution in [2.24, 2.45) is 13.0 Å². The predicted molar refractivity (Wildman–Crippen MR) is 72.9 cm³/mol. The molecular weight excluding hydrogens is 258 g/mol. The van der Waals surface area contributed by atoms with Crippen molar-refractivity contribution in [3.05, 3.63) is 18.0 Å². The third kappa shape index (κ3) is 2.69. The first-order valence-corrected chi connectivity index (χ1v) is 6.94. The monoisotopic (exact) mass is 279 g/mol. The molecule has 0 bridgehead atoms. The number of carbonyl (C=O) groups excluding carboxylic acids is 1. The van der Waals surface area contributed by atoms with Gasteiger partial charge in [-0.1, -0.05) is 0 Å². The molecule has 1 fully saturated rings. The van der Waals surface area contributed by atoms with Crippen molar-refractivity contribution in [1.29, 1.82) is 0 Å². The normalized spacial score (nSPS) is 24.0. The summed E-state index contributed by atoms with van der Waals surface area (Å²) in [7, 11) is 1.79. The molecule has 1 aromatic heterocycles. The topological polar surface area (TPSA) is 75.4 Å². The van der Waals surface area contributed by atoms with Crippen LogP contribution in [0, 0.1) is 5.92 Å². The van der Waals surface area contributed by atoms with Gasteiger partial charge in [0.2, 0.25) is 5.91 Å². The number of hydrogen-bond donors (Lipinski definition) is 1. The van der Waals surface area contributed by atoms with Crippen LogP contribution in [0.1, 0.15) is 44.7 Å². The molecule has 1 aliphatic rings. The lowest BCUT2D eigenvalue weighted by molar-refractivity contribution is -0.147. The quantitative estimate of drug-likeness (QED) is 0.911. The molecule has 0 aromatic carbocycles. The molecule has 6 heteroatoms. The zero-order valence-electron chi connectivity index (χ0n) is 12.1. The average Bonchev–Trinajstić information content (AvgIpc) is 2.68. The highest BCUT2D eigenvalue weighted by Gasteiger charge is 2.40. The number of amides is 1. The van der Waals surface area contributed by atoms with E-state index in [4.69, 9.17) is 0 Å². The number of nitrogens with zero attached hydrogens (tertiary/aromatic N) is 3. The third-order valence-electron chi connectivity index (χ3n) is 3.81. The molecule has 0 aliphatic carbocycles. The molecule has 1 aromatic rings. The molecular formula is C14H21N3O3. The summed E-state index contributed by atoms with van der Waals surface area (Å²) in [6.07, 6.45) is 5.02. The van der Waals surface area contributed by atoms with Crippen molar-refractivity contribution in [3.63, 3.8) is 0 Å². The van der Waals surface area contributed by atoms with E-state index in [2.05, 4.69) is 5.10 Å². The highest BCUT2D eigenvalue weighted by molar-refractivity contribution is 5.80. The van der Waals surface area contributed by atoms with E-state index >= 15 is 0 Å². The lowest BCUT2D eigenvalue weighted by Gasteiger charge is -2.36. The molecule has 110 valence electrons. The second-order valence-electron chi connectivity index (χ2n) is 5.62. The van der Waals surface area contributed by atoms with Gasteiger partial charge in [0.15, 0.2) is 0 Å². The van der Waals surface area contributed by atoms with Gasteiger partial charge in [0.05, 0.1) is 18.2 Å². The fraction of sp³-hybridized carbons (Fsp3) is 0.643. The SMILES string of the molecule is CC(C)N1C(=O)CCCC(C(=O)O)C1c1cnn(C)c1. The van der Waals surface area contributed by atoms with Crippen molar-refractivity contribution in [1.82, 2.24) is 14.7 Å². The number of carboxylic acids is 1. The van der Waals surface area contributed by atoms with Crippen LogP contribution < -0.4 is 0 Å². The Morgan fingerprint density at radius 3 is 2.70 bits per heavy atom. The van der Waals surface area contributed by atoms with Crippen LogP contribution in [0.2, 0.25) is 0 Å². The van der Waals surface area contributed by atoms with Crippen LogP contribution in [0.4, 0.5) is 0 Å². The summed E-state index contributed by atoms with van der Waals surface area (Å²) in [6.45, 7) is 3.84. The van der Waals surface area contributed by atoms with Crippen LogP contribution in [0.15, 0.2) is 12.4 Å². The Morgan fingerprint density at radius 1 is 1.50 bits per heavy atom. The van der Waals surface area contributed by atoms with E-state index in [1.807, 2.05) is 13.8 Å². The van der Waals surface area contributed by atoms with Crippen molar-refractivity contribution in [3.8, 4) is 0 Å². The lowest BCUT2D eigenvalue weighted by atomic mass is 9.90. The Kier molecular flexibility index (Phi) is 4.11. The van der Waals surface area contributed by atoms with Crippen molar-refractivity contribution in [2.45, 2.75) is 45.2 Å². The van der Waals surface area contributed by atoms with Crippen LogP contribution in [0.5, 0.6) is 0 Å². The molecule has 1 saturated heterocycles. The van der Waals surface area contributed by atoms with Crippen molar-refractivity contribution >= 4 is 11.9 Å². The van der Waals surface area contributed by atoms with E-state index < -0.39 is 17.9 Å². The van der Waals surface area contributed by atoms with Crippen LogP contribution in [0.25, 0.3) is 0 Å². The Morgan fingerprint density at radius 2 is 2.20 bits per heavy atom. The minimum atomic E-state index is -0.848. The van der Waals surface area contributed by atoms with Gasteiger partial charge in [-0.25, -0.2) is 0 Å². The highest BCUT2D eigenvalue weighted by atomic mass is 16.4. The van der Waals surface area contributed by atoms with Gasteiger partial charge in [0.1, 0.15) is 0 Å². The van der Waals surface area contributed by atoms with Gasteiger partial charge >= 0.3 is 5.97 Å². The molecule has 1 aliphatic heterocycles. The Labute approximate surface area is 118 Å². The summed E-state index contributed by atoms with van der Waals surface area (Å²) >= 11 is 0. The molecule has 0 spiro atoms. The maximum Gasteiger partial charge on any atom is 0.308 e. The molecule has 1 N–H and O–H groups in total. The standard InChI is InChI=1S/C14H21N3O3/c1-9(2)17-12(18)6-4-5-11(14(19)20)13(17)10-7-15-16(3)8-10/h7-9,11,13H,4-6H2,1-3H3,(H,19,20). The molecule has 0 saturated carbocycles. The van der Waals surface area contributed by atoms with Gasteiger partial charge in [0, 0.05) is 31.3 Å². The van der Waals surface area contributed by atoms with Crippen LogP contribution >= 0.6 is 0 Å². The van der Waals surface area contributed by atoms with Crippen LogP contribution in [-0.2, 0) is 16.6 Å². The van der Waals surface area contributed by atoms with E-state index in [0.29, 0.717) is 19.3 Å². The fourth-order valence-electron chi connectivity index (χ4n) is 2.96. The van der Waals surface area contributed by atoms with Gasteiger partial charge in [-0.2, -0.15) is 5.10 Å². The molecule has 2 atom stereocenters. The number of rotatable bonds is 3. The van der Waals surface area contributed by atoms with Gasteiger partial charge in [-0.3, -0.25) is 14.3 Å². The lowest BCUT2D eigenvalue weighted by Crippen LogP contribution is -2.43.